The number of hydrogen-bond donors (Lipinski definition) is 1. The van der Waals surface area contributed by atoms with Crippen LogP contribution in [0, 0.1) is 16.7 Å². The van der Waals surface area contributed by atoms with E-state index in [4.69, 9.17) is 4.74 Å². The van der Waals surface area contributed by atoms with Crippen LogP contribution in [0.5, 0.6) is 11.5 Å². The van der Waals surface area contributed by atoms with E-state index in [9.17, 15) is 5.11 Å². The van der Waals surface area contributed by atoms with Gasteiger partial charge in [-0.3, -0.25) is 0 Å². The molecular formula is C17H24O2. The maximum atomic E-state index is 10.0. The van der Waals surface area contributed by atoms with Crippen LogP contribution in [-0.2, 0) is 0 Å². The Labute approximate surface area is 115 Å². The third-order valence-electron chi connectivity index (χ3n) is 6.40. The second-order valence-electron chi connectivity index (χ2n) is 7.09. The van der Waals surface area contributed by atoms with Crippen LogP contribution in [0.2, 0.25) is 0 Å². The Kier molecular flexibility index (Phi) is 2.64. The first-order chi connectivity index (χ1) is 8.90. The van der Waals surface area contributed by atoms with E-state index < -0.39 is 0 Å². The SMILES string of the molecule is COc1ccc(C2CC3CCC2(C)C3(C)C)cc1O. The van der Waals surface area contributed by atoms with Gasteiger partial charge in [0.15, 0.2) is 11.5 Å². The van der Waals surface area contributed by atoms with Crippen molar-refractivity contribution in [1.82, 2.24) is 0 Å². The van der Waals surface area contributed by atoms with Gasteiger partial charge < -0.3 is 9.84 Å². The molecule has 0 aromatic heterocycles. The molecule has 2 heteroatoms. The number of aromatic hydroxyl groups is 1. The molecule has 3 unspecified atom stereocenters. The Morgan fingerprint density at radius 3 is 2.47 bits per heavy atom. The van der Waals surface area contributed by atoms with Crippen molar-refractivity contribution in [2.45, 2.75) is 46.0 Å². The number of benzene rings is 1. The van der Waals surface area contributed by atoms with Gasteiger partial charge in [0.05, 0.1) is 7.11 Å². The van der Waals surface area contributed by atoms with E-state index in [1.807, 2.05) is 12.1 Å². The molecule has 2 aliphatic carbocycles. The summed E-state index contributed by atoms with van der Waals surface area (Å²) in [4.78, 5) is 0. The van der Waals surface area contributed by atoms with Crippen LogP contribution in [0.1, 0.15) is 51.5 Å². The lowest BCUT2D eigenvalue weighted by Gasteiger charge is -2.39. The van der Waals surface area contributed by atoms with Crippen molar-refractivity contribution in [3.8, 4) is 11.5 Å². The minimum atomic E-state index is 0.268. The van der Waals surface area contributed by atoms with E-state index in [-0.39, 0.29) is 5.75 Å². The van der Waals surface area contributed by atoms with Gasteiger partial charge in [-0.25, -0.2) is 0 Å². The normalized spacial score (nSPS) is 35.6. The van der Waals surface area contributed by atoms with Crippen LogP contribution in [-0.4, -0.2) is 12.2 Å². The van der Waals surface area contributed by atoms with Crippen LogP contribution in [0.25, 0.3) is 0 Å². The second kappa shape index (κ2) is 3.91. The summed E-state index contributed by atoms with van der Waals surface area (Å²) in [5.74, 6) is 2.23. The van der Waals surface area contributed by atoms with Crippen molar-refractivity contribution in [2.75, 3.05) is 7.11 Å². The zero-order chi connectivity index (χ0) is 13.8. The van der Waals surface area contributed by atoms with Crippen molar-refractivity contribution in [3.63, 3.8) is 0 Å². The zero-order valence-electron chi connectivity index (χ0n) is 12.4. The fourth-order valence-electron chi connectivity index (χ4n) is 4.63. The molecule has 2 fully saturated rings. The molecule has 104 valence electrons. The molecule has 0 saturated heterocycles. The minimum Gasteiger partial charge on any atom is -0.504 e. The monoisotopic (exact) mass is 260 g/mol. The zero-order valence-corrected chi connectivity index (χ0v) is 12.4. The van der Waals surface area contributed by atoms with Crippen molar-refractivity contribution < 1.29 is 9.84 Å². The summed E-state index contributed by atoms with van der Waals surface area (Å²) < 4.78 is 5.14. The van der Waals surface area contributed by atoms with Crippen molar-refractivity contribution in [2.24, 2.45) is 16.7 Å². The smallest absolute Gasteiger partial charge is 0.160 e. The van der Waals surface area contributed by atoms with Gasteiger partial charge in [0.2, 0.25) is 0 Å². The Bertz CT molecular complexity index is 506. The van der Waals surface area contributed by atoms with Crippen LogP contribution >= 0.6 is 0 Å². The van der Waals surface area contributed by atoms with E-state index >= 15 is 0 Å². The highest BCUT2D eigenvalue weighted by molar-refractivity contribution is 5.44. The van der Waals surface area contributed by atoms with Crippen molar-refractivity contribution in [3.05, 3.63) is 23.8 Å². The lowest BCUT2D eigenvalue weighted by molar-refractivity contribution is 0.134. The molecule has 2 bridgehead atoms. The Morgan fingerprint density at radius 2 is 2.00 bits per heavy atom. The van der Waals surface area contributed by atoms with Gasteiger partial charge in [-0.2, -0.15) is 0 Å². The first-order valence-electron chi connectivity index (χ1n) is 7.27. The Morgan fingerprint density at radius 1 is 1.26 bits per heavy atom. The second-order valence-corrected chi connectivity index (χ2v) is 7.09. The average molecular weight is 260 g/mol. The fraction of sp³-hybridized carbons (Fsp3) is 0.647. The molecule has 19 heavy (non-hydrogen) atoms. The van der Waals surface area contributed by atoms with Crippen LogP contribution < -0.4 is 4.74 Å². The summed E-state index contributed by atoms with van der Waals surface area (Å²) in [6, 6.07) is 5.93. The van der Waals surface area contributed by atoms with E-state index in [0.717, 1.165) is 5.92 Å². The molecule has 2 aliphatic rings. The number of rotatable bonds is 2. The van der Waals surface area contributed by atoms with Crippen LogP contribution in [0.15, 0.2) is 18.2 Å². The fourth-order valence-corrected chi connectivity index (χ4v) is 4.63. The Hall–Kier alpha value is -1.18. The van der Waals surface area contributed by atoms with Crippen LogP contribution in [0.3, 0.4) is 0 Å². The molecule has 0 spiro atoms. The van der Waals surface area contributed by atoms with Gasteiger partial charge >= 0.3 is 0 Å². The summed E-state index contributed by atoms with van der Waals surface area (Å²) in [6.07, 6.45) is 3.93. The number of phenolic OH excluding ortho intramolecular Hbond substituents is 1. The standard InChI is InChI=1S/C17H24O2/c1-16(2)12-7-8-17(16,3)13(10-12)11-5-6-15(19-4)14(18)9-11/h5-6,9,12-13,18H,7-8,10H2,1-4H3. The lowest BCUT2D eigenvalue weighted by atomic mass is 9.65. The lowest BCUT2D eigenvalue weighted by Crippen LogP contribution is -2.31. The summed E-state index contributed by atoms with van der Waals surface area (Å²) in [6.45, 7) is 7.29. The molecule has 2 saturated carbocycles. The molecule has 3 rings (SSSR count). The van der Waals surface area contributed by atoms with Gasteiger partial charge in [0.25, 0.3) is 0 Å². The maximum Gasteiger partial charge on any atom is 0.160 e. The van der Waals surface area contributed by atoms with Crippen molar-refractivity contribution in [1.29, 1.82) is 0 Å². The highest BCUT2D eigenvalue weighted by atomic mass is 16.5. The molecule has 3 atom stereocenters. The van der Waals surface area contributed by atoms with E-state index in [2.05, 4.69) is 26.8 Å². The van der Waals surface area contributed by atoms with Gasteiger partial charge in [-0.05, 0) is 59.6 Å². The maximum absolute atomic E-state index is 10.0. The highest BCUT2D eigenvalue weighted by Gasteiger charge is 2.61. The largest absolute Gasteiger partial charge is 0.504 e. The number of fused-ring (bicyclic) bond motifs is 2. The predicted molar refractivity (Wildman–Crippen MR) is 76.6 cm³/mol. The van der Waals surface area contributed by atoms with E-state index in [0.29, 0.717) is 22.5 Å². The highest BCUT2D eigenvalue weighted by Crippen LogP contribution is 2.71. The first kappa shape index (κ1) is 12.8. The average Bonchev–Trinajstić information content (AvgIpc) is 2.71. The summed E-state index contributed by atoms with van der Waals surface area (Å²) in [5, 5.41) is 10.0. The van der Waals surface area contributed by atoms with E-state index in [1.165, 1.54) is 24.8 Å². The molecule has 0 heterocycles. The third-order valence-corrected chi connectivity index (χ3v) is 6.40. The Balaban J connectivity index is 1.99. The van der Waals surface area contributed by atoms with Gasteiger partial charge in [0, 0.05) is 0 Å². The summed E-state index contributed by atoms with van der Waals surface area (Å²) in [7, 11) is 1.59. The molecule has 1 aromatic carbocycles. The van der Waals surface area contributed by atoms with Gasteiger partial charge in [0.1, 0.15) is 0 Å². The molecule has 1 N–H and O–H groups in total. The molecule has 0 amide bonds. The topological polar surface area (TPSA) is 29.5 Å². The predicted octanol–water partition coefficient (Wildman–Crippen LogP) is 4.33. The van der Waals surface area contributed by atoms with E-state index in [1.54, 1.807) is 7.11 Å². The molecular weight excluding hydrogens is 236 g/mol. The number of hydrogen-bond acceptors (Lipinski definition) is 2. The summed E-state index contributed by atoms with van der Waals surface area (Å²) >= 11 is 0. The quantitative estimate of drug-likeness (QED) is 0.857. The van der Waals surface area contributed by atoms with Crippen molar-refractivity contribution >= 4 is 0 Å². The third kappa shape index (κ3) is 1.55. The number of ether oxygens (including phenoxy) is 1. The summed E-state index contributed by atoms with van der Waals surface area (Å²) in [5.41, 5.74) is 2.04. The van der Waals surface area contributed by atoms with Gasteiger partial charge in [-0.1, -0.05) is 26.8 Å². The first-order valence-corrected chi connectivity index (χ1v) is 7.27. The number of methoxy groups -OCH3 is 1. The van der Waals surface area contributed by atoms with Gasteiger partial charge in [-0.15, -0.1) is 0 Å². The molecule has 1 aromatic rings. The molecule has 0 radical (unpaired) electrons. The minimum absolute atomic E-state index is 0.268. The van der Waals surface area contributed by atoms with Crippen LogP contribution in [0.4, 0.5) is 0 Å². The number of phenols is 1. The molecule has 0 aliphatic heterocycles. The molecule has 2 nitrogen and oxygen atoms in total.